The van der Waals surface area contributed by atoms with Crippen LogP contribution in [0.4, 0.5) is 0 Å². The highest BCUT2D eigenvalue weighted by molar-refractivity contribution is 6.63. The minimum absolute atomic E-state index is 0.0922. The molecule has 2 rings (SSSR count). The standard InChI is InChI=1S/C19H26O2Si/c1-15(17-11-7-5-8-12-17)22(19(20-3)21-4)16(2)18-13-9-6-10-14-18/h5-16,19,22H,1-4H3. The average molecular weight is 315 g/mol. The molecule has 0 bridgehead atoms. The number of rotatable bonds is 7. The van der Waals surface area contributed by atoms with E-state index in [0.29, 0.717) is 11.1 Å². The van der Waals surface area contributed by atoms with Crippen LogP contribution >= 0.6 is 0 Å². The molecule has 22 heavy (non-hydrogen) atoms. The number of ether oxygens (including phenoxy) is 2. The largest absolute Gasteiger partial charge is 0.360 e. The minimum atomic E-state index is -1.43. The topological polar surface area (TPSA) is 18.5 Å². The molecule has 0 N–H and O–H groups in total. The van der Waals surface area contributed by atoms with Crippen LogP contribution in [0.25, 0.3) is 0 Å². The van der Waals surface area contributed by atoms with Gasteiger partial charge in [0.05, 0.1) is 0 Å². The molecule has 0 fully saturated rings. The Morgan fingerprint density at radius 1 is 0.682 bits per heavy atom. The predicted molar refractivity (Wildman–Crippen MR) is 94.7 cm³/mol. The quantitative estimate of drug-likeness (QED) is 0.567. The minimum Gasteiger partial charge on any atom is -0.360 e. The molecular formula is C19H26O2Si. The summed E-state index contributed by atoms with van der Waals surface area (Å²) in [7, 11) is 2.07. The van der Waals surface area contributed by atoms with Gasteiger partial charge >= 0.3 is 0 Å². The summed E-state index contributed by atoms with van der Waals surface area (Å²) in [6.07, 6.45) is 0. The van der Waals surface area contributed by atoms with Crippen molar-refractivity contribution in [3.63, 3.8) is 0 Å². The number of benzene rings is 2. The van der Waals surface area contributed by atoms with Gasteiger partial charge in [-0.25, -0.2) is 0 Å². The van der Waals surface area contributed by atoms with Crippen LogP contribution in [0.3, 0.4) is 0 Å². The molecule has 0 aliphatic heterocycles. The third-order valence-corrected chi connectivity index (χ3v) is 8.84. The molecule has 2 unspecified atom stereocenters. The molecule has 0 spiro atoms. The van der Waals surface area contributed by atoms with Crippen molar-refractivity contribution in [2.24, 2.45) is 0 Å². The van der Waals surface area contributed by atoms with Crippen LogP contribution in [0.2, 0.25) is 0 Å². The van der Waals surface area contributed by atoms with Crippen molar-refractivity contribution in [2.75, 3.05) is 14.2 Å². The lowest BCUT2D eigenvalue weighted by atomic mass is 10.1. The van der Waals surface area contributed by atoms with E-state index in [1.807, 2.05) is 0 Å². The maximum atomic E-state index is 5.69. The van der Waals surface area contributed by atoms with Crippen LogP contribution in [0, 0.1) is 0 Å². The highest BCUT2D eigenvalue weighted by Gasteiger charge is 2.35. The SMILES string of the molecule is COC(OC)[SiH](C(C)c1ccccc1)C(C)c1ccccc1. The summed E-state index contributed by atoms with van der Waals surface area (Å²) in [5, 5.41) is 0. The third kappa shape index (κ3) is 3.86. The molecule has 3 heteroatoms. The van der Waals surface area contributed by atoms with E-state index in [1.165, 1.54) is 11.1 Å². The first kappa shape index (κ1) is 16.9. The summed E-state index contributed by atoms with van der Waals surface area (Å²) in [5.74, 6) is -0.0922. The second-order valence-electron chi connectivity index (χ2n) is 5.82. The van der Waals surface area contributed by atoms with Gasteiger partial charge in [-0.05, 0) is 22.2 Å². The van der Waals surface area contributed by atoms with E-state index >= 15 is 0 Å². The molecule has 0 aliphatic rings. The summed E-state index contributed by atoms with van der Waals surface area (Å²) in [6, 6.07) is 21.4. The maximum Gasteiger partial charge on any atom is 0.138 e. The van der Waals surface area contributed by atoms with Gasteiger partial charge in [0, 0.05) is 14.2 Å². The van der Waals surface area contributed by atoms with Crippen LogP contribution in [-0.4, -0.2) is 28.9 Å². The van der Waals surface area contributed by atoms with E-state index in [4.69, 9.17) is 9.47 Å². The van der Waals surface area contributed by atoms with Crippen LogP contribution in [0.15, 0.2) is 60.7 Å². The molecule has 118 valence electrons. The van der Waals surface area contributed by atoms with Crippen LogP contribution in [0.5, 0.6) is 0 Å². The van der Waals surface area contributed by atoms with Crippen molar-refractivity contribution >= 4 is 8.80 Å². The fourth-order valence-electron chi connectivity index (χ4n) is 3.27. The number of methoxy groups -OCH3 is 2. The first-order valence-corrected chi connectivity index (χ1v) is 9.84. The summed E-state index contributed by atoms with van der Waals surface area (Å²) < 4.78 is 11.4. The van der Waals surface area contributed by atoms with Crippen LogP contribution < -0.4 is 0 Å². The van der Waals surface area contributed by atoms with Gasteiger partial charge in [-0.1, -0.05) is 74.5 Å². The molecule has 2 atom stereocenters. The summed E-state index contributed by atoms with van der Waals surface area (Å²) >= 11 is 0. The lowest BCUT2D eigenvalue weighted by Gasteiger charge is -2.33. The highest BCUT2D eigenvalue weighted by Crippen LogP contribution is 2.31. The van der Waals surface area contributed by atoms with Gasteiger partial charge in [0.25, 0.3) is 0 Å². The van der Waals surface area contributed by atoms with Crippen LogP contribution in [-0.2, 0) is 9.47 Å². The Labute approximate surface area is 135 Å². The first-order chi connectivity index (χ1) is 10.7. The Bertz CT molecular complexity index is 494. The Hall–Kier alpha value is -1.42. The van der Waals surface area contributed by atoms with E-state index in [2.05, 4.69) is 74.5 Å². The smallest absolute Gasteiger partial charge is 0.138 e. The zero-order valence-electron chi connectivity index (χ0n) is 13.9. The molecule has 2 aromatic carbocycles. The Kier molecular flexibility index (Phi) is 6.37. The van der Waals surface area contributed by atoms with Crippen molar-refractivity contribution in [3.05, 3.63) is 71.8 Å². The van der Waals surface area contributed by atoms with Crippen molar-refractivity contribution in [1.82, 2.24) is 0 Å². The molecule has 0 aliphatic carbocycles. The number of hydrogen-bond donors (Lipinski definition) is 0. The fourth-order valence-corrected chi connectivity index (χ4v) is 7.04. The molecule has 0 amide bonds. The van der Waals surface area contributed by atoms with Gasteiger partial charge < -0.3 is 9.47 Å². The zero-order valence-corrected chi connectivity index (χ0v) is 15.1. The van der Waals surface area contributed by atoms with E-state index in [0.717, 1.165) is 0 Å². The van der Waals surface area contributed by atoms with E-state index < -0.39 is 8.80 Å². The Balaban J connectivity index is 2.34. The molecule has 0 radical (unpaired) electrons. The second kappa shape index (κ2) is 8.27. The molecule has 0 heterocycles. The third-order valence-electron chi connectivity index (χ3n) is 4.58. The van der Waals surface area contributed by atoms with Gasteiger partial charge in [-0.2, -0.15) is 0 Å². The normalized spacial score (nSPS) is 15.5. The van der Waals surface area contributed by atoms with Crippen molar-refractivity contribution in [1.29, 1.82) is 0 Å². The van der Waals surface area contributed by atoms with Gasteiger partial charge in [-0.15, -0.1) is 0 Å². The zero-order chi connectivity index (χ0) is 15.9. The molecule has 0 saturated heterocycles. The van der Waals surface area contributed by atoms with Crippen LogP contribution in [0.1, 0.15) is 36.1 Å². The summed E-state index contributed by atoms with van der Waals surface area (Å²) in [6.45, 7) is 4.63. The lowest BCUT2D eigenvalue weighted by Crippen LogP contribution is -2.43. The Morgan fingerprint density at radius 3 is 1.36 bits per heavy atom. The Morgan fingerprint density at radius 2 is 1.05 bits per heavy atom. The van der Waals surface area contributed by atoms with E-state index in [9.17, 15) is 0 Å². The van der Waals surface area contributed by atoms with Gasteiger partial charge in [0.15, 0.2) is 0 Å². The van der Waals surface area contributed by atoms with Crippen molar-refractivity contribution in [3.8, 4) is 0 Å². The van der Waals surface area contributed by atoms with Gasteiger partial charge in [0.2, 0.25) is 0 Å². The number of hydrogen-bond acceptors (Lipinski definition) is 2. The average Bonchev–Trinajstić information content (AvgIpc) is 2.60. The first-order valence-electron chi connectivity index (χ1n) is 7.84. The molecule has 2 aromatic rings. The molecule has 0 aromatic heterocycles. The van der Waals surface area contributed by atoms with E-state index in [1.54, 1.807) is 14.2 Å². The maximum absolute atomic E-state index is 5.69. The molecule has 0 saturated carbocycles. The monoisotopic (exact) mass is 314 g/mol. The lowest BCUT2D eigenvalue weighted by molar-refractivity contribution is -0.0490. The summed E-state index contributed by atoms with van der Waals surface area (Å²) in [5.41, 5.74) is 3.70. The molecule has 2 nitrogen and oxygen atoms in total. The summed E-state index contributed by atoms with van der Waals surface area (Å²) in [4.78, 5) is 0. The van der Waals surface area contributed by atoms with Gasteiger partial charge in [-0.3, -0.25) is 0 Å². The van der Waals surface area contributed by atoms with E-state index in [-0.39, 0.29) is 5.91 Å². The van der Waals surface area contributed by atoms with Gasteiger partial charge in [0.1, 0.15) is 14.7 Å². The molecular weight excluding hydrogens is 288 g/mol. The fraction of sp³-hybridized carbons (Fsp3) is 0.368. The second-order valence-corrected chi connectivity index (χ2v) is 9.51. The predicted octanol–water partition coefficient (Wildman–Crippen LogP) is 4.06. The van der Waals surface area contributed by atoms with Crippen molar-refractivity contribution < 1.29 is 9.47 Å². The highest BCUT2D eigenvalue weighted by atomic mass is 28.3. The van der Waals surface area contributed by atoms with Crippen molar-refractivity contribution in [2.45, 2.75) is 30.8 Å².